The standard InChI is InChI=1S/C11H16N2OS/c1-2-7-15-9(6-1)10-12-11(14-13-10)8-4-3-5-8/h8-9H,1-7H2. The molecule has 4 heteroatoms. The second kappa shape index (κ2) is 4.16. The largest absolute Gasteiger partial charge is 0.339 e. The highest BCUT2D eigenvalue weighted by molar-refractivity contribution is 7.99. The zero-order valence-electron chi connectivity index (χ0n) is 8.82. The summed E-state index contributed by atoms with van der Waals surface area (Å²) in [5.41, 5.74) is 0. The smallest absolute Gasteiger partial charge is 0.229 e. The molecule has 0 spiro atoms. The number of hydrogen-bond acceptors (Lipinski definition) is 4. The predicted octanol–water partition coefficient (Wildman–Crippen LogP) is 3.30. The van der Waals surface area contributed by atoms with Crippen LogP contribution in [0.15, 0.2) is 4.52 Å². The van der Waals surface area contributed by atoms with Crippen LogP contribution >= 0.6 is 11.8 Å². The highest BCUT2D eigenvalue weighted by Gasteiger charge is 2.28. The zero-order chi connectivity index (χ0) is 10.1. The number of nitrogens with zero attached hydrogens (tertiary/aromatic N) is 2. The molecule has 1 saturated carbocycles. The van der Waals surface area contributed by atoms with Gasteiger partial charge in [-0.15, -0.1) is 0 Å². The first-order chi connectivity index (χ1) is 7.43. The van der Waals surface area contributed by atoms with Gasteiger partial charge >= 0.3 is 0 Å². The van der Waals surface area contributed by atoms with Crippen LogP contribution in [-0.4, -0.2) is 15.9 Å². The summed E-state index contributed by atoms with van der Waals surface area (Å²) in [7, 11) is 0. The third kappa shape index (κ3) is 1.92. The Kier molecular flexibility index (Phi) is 2.69. The second-order valence-corrected chi connectivity index (χ2v) is 5.78. The molecule has 3 nitrogen and oxygen atoms in total. The van der Waals surface area contributed by atoms with Crippen molar-refractivity contribution in [1.82, 2.24) is 10.1 Å². The van der Waals surface area contributed by atoms with Gasteiger partial charge in [-0.3, -0.25) is 0 Å². The first kappa shape index (κ1) is 9.70. The van der Waals surface area contributed by atoms with Gasteiger partial charge in [0.2, 0.25) is 5.89 Å². The molecule has 1 atom stereocenters. The number of thioether (sulfide) groups is 1. The van der Waals surface area contributed by atoms with Gasteiger partial charge in [-0.1, -0.05) is 18.0 Å². The quantitative estimate of drug-likeness (QED) is 0.772. The van der Waals surface area contributed by atoms with Crippen molar-refractivity contribution < 1.29 is 4.52 Å². The molecule has 0 aromatic carbocycles. The van der Waals surface area contributed by atoms with Gasteiger partial charge in [0.15, 0.2) is 5.82 Å². The summed E-state index contributed by atoms with van der Waals surface area (Å²) < 4.78 is 5.35. The molecular weight excluding hydrogens is 208 g/mol. The average Bonchev–Trinajstić information content (AvgIpc) is 2.66. The molecule has 1 aromatic heterocycles. The Balaban J connectivity index is 1.71. The molecule has 2 fully saturated rings. The van der Waals surface area contributed by atoms with Crippen molar-refractivity contribution in [3.63, 3.8) is 0 Å². The Morgan fingerprint density at radius 2 is 2.07 bits per heavy atom. The molecule has 1 unspecified atom stereocenters. The van der Waals surface area contributed by atoms with Crippen molar-refractivity contribution in [3.05, 3.63) is 11.7 Å². The maximum Gasteiger partial charge on any atom is 0.229 e. The number of hydrogen-bond donors (Lipinski definition) is 0. The summed E-state index contributed by atoms with van der Waals surface area (Å²) in [5.74, 6) is 3.65. The molecule has 1 saturated heterocycles. The van der Waals surface area contributed by atoms with Crippen molar-refractivity contribution in [2.45, 2.75) is 49.7 Å². The van der Waals surface area contributed by atoms with Gasteiger partial charge in [0, 0.05) is 5.92 Å². The summed E-state index contributed by atoms with van der Waals surface area (Å²) in [6.07, 6.45) is 7.66. The van der Waals surface area contributed by atoms with Gasteiger partial charge in [-0.05, 0) is 31.4 Å². The van der Waals surface area contributed by atoms with E-state index in [9.17, 15) is 0 Å². The van der Waals surface area contributed by atoms with E-state index in [0.717, 1.165) is 11.7 Å². The van der Waals surface area contributed by atoms with Crippen molar-refractivity contribution >= 4 is 11.8 Å². The van der Waals surface area contributed by atoms with E-state index in [1.54, 1.807) is 0 Å². The van der Waals surface area contributed by atoms with E-state index in [1.807, 2.05) is 11.8 Å². The van der Waals surface area contributed by atoms with Gasteiger partial charge in [0.05, 0.1) is 5.25 Å². The third-order valence-electron chi connectivity index (χ3n) is 3.38. The Morgan fingerprint density at radius 3 is 2.73 bits per heavy atom. The third-order valence-corrected chi connectivity index (χ3v) is 4.75. The Bertz CT molecular complexity index is 329. The lowest BCUT2D eigenvalue weighted by Crippen LogP contribution is -2.09. The second-order valence-electron chi connectivity index (χ2n) is 4.47. The van der Waals surface area contributed by atoms with Gasteiger partial charge in [0.1, 0.15) is 0 Å². The minimum atomic E-state index is 0.497. The van der Waals surface area contributed by atoms with Gasteiger partial charge < -0.3 is 4.52 Å². The van der Waals surface area contributed by atoms with E-state index >= 15 is 0 Å². The van der Waals surface area contributed by atoms with E-state index in [-0.39, 0.29) is 0 Å². The molecule has 0 amide bonds. The highest BCUT2D eigenvalue weighted by Crippen LogP contribution is 2.39. The molecule has 15 heavy (non-hydrogen) atoms. The van der Waals surface area contributed by atoms with Crippen LogP contribution in [-0.2, 0) is 0 Å². The topological polar surface area (TPSA) is 38.9 Å². The Labute approximate surface area is 94.0 Å². The monoisotopic (exact) mass is 224 g/mol. The molecule has 0 radical (unpaired) electrons. The molecule has 82 valence electrons. The Morgan fingerprint density at radius 1 is 1.13 bits per heavy atom. The van der Waals surface area contributed by atoms with E-state index in [1.165, 1.54) is 44.3 Å². The minimum absolute atomic E-state index is 0.497. The zero-order valence-corrected chi connectivity index (χ0v) is 9.63. The Hall–Kier alpha value is -0.510. The predicted molar refractivity (Wildman–Crippen MR) is 59.9 cm³/mol. The van der Waals surface area contributed by atoms with Crippen LogP contribution < -0.4 is 0 Å². The maximum atomic E-state index is 5.35. The molecule has 1 aromatic rings. The van der Waals surface area contributed by atoms with Crippen LogP contribution in [0.5, 0.6) is 0 Å². The first-order valence-corrected chi connectivity index (χ1v) is 6.93. The lowest BCUT2D eigenvalue weighted by Gasteiger charge is -2.20. The maximum absolute atomic E-state index is 5.35. The fourth-order valence-corrected chi connectivity index (χ4v) is 3.38. The van der Waals surface area contributed by atoms with Gasteiger partial charge in [-0.25, -0.2) is 0 Å². The molecule has 1 aliphatic carbocycles. The molecule has 2 aliphatic rings. The van der Waals surface area contributed by atoms with Crippen molar-refractivity contribution in [1.29, 1.82) is 0 Å². The number of aromatic nitrogens is 2. The SMILES string of the molecule is C1CCC(c2noc(C3CCC3)n2)SC1. The minimum Gasteiger partial charge on any atom is -0.339 e. The normalized spacial score (nSPS) is 27.6. The lowest BCUT2D eigenvalue weighted by atomic mass is 9.85. The van der Waals surface area contributed by atoms with Gasteiger partial charge in [0.25, 0.3) is 0 Å². The fraction of sp³-hybridized carbons (Fsp3) is 0.818. The molecule has 2 heterocycles. The van der Waals surface area contributed by atoms with E-state index in [0.29, 0.717) is 11.2 Å². The first-order valence-electron chi connectivity index (χ1n) is 5.88. The lowest BCUT2D eigenvalue weighted by molar-refractivity contribution is 0.291. The van der Waals surface area contributed by atoms with Crippen molar-refractivity contribution in [3.8, 4) is 0 Å². The number of rotatable bonds is 2. The van der Waals surface area contributed by atoms with Crippen molar-refractivity contribution in [2.24, 2.45) is 0 Å². The summed E-state index contributed by atoms with van der Waals surface area (Å²) in [6, 6.07) is 0. The van der Waals surface area contributed by atoms with Crippen LogP contribution in [0.4, 0.5) is 0 Å². The highest BCUT2D eigenvalue weighted by atomic mass is 32.2. The summed E-state index contributed by atoms with van der Waals surface area (Å²) in [4.78, 5) is 4.56. The molecule has 0 N–H and O–H groups in total. The van der Waals surface area contributed by atoms with Crippen LogP contribution in [0, 0.1) is 0 Å². The van der Waals surface area contributed by atoms with Gasteiger partial charge in [-0.2, -0.15) is 16.7 Å². The summed E-state index contributed by atoms with van der Waals surface area (Å²) >= 11 is 1.98. The van der Waals surface area contributed by atoms with Crippen LogP contribution in [0.25, 0.3) is 0 Å². The van der Waals surface area contributed by atoms with E-state index in [2.05, 4.69) is 10.1 Å². The summed E-state index contributed by atoms with van der Waals surface area (Å²) in [5, 5.41) is 4.63. The van der Waals surface area contributed by atoms with E-state index in [4.69, 9.17) is 4.52 Å². The van der Waals surface area contributed by atoms with E-state index < -0.39 is 0 Å². The van der Waals surface area contributed by atoms with Crippen LogP contribution in [0.1, 0.15) is 61.4 Å². The van der Waals surface area contributed by atoms with Crippen LogP contribution in [0.3, 0.4) is 0 Å². The molecule has 1 aliphatic heterocycles. The average molecular weight is 224 g/mol. The summed E-state index contributed by atoms with van der Waals surface area (Å²) in [6.45, 7) is 0. The van der Waals surface area contributed by atoms with Crippen LogP contribution in [0.2, 0.25) is 0 Å². The fourth-order valence-electron chi connectivity index (χ4n) is 2.14. The van der Waals surface area contributed by atoms with Crippen molar-refractivity contribution in [2.75, 3.05) is 5.75 Å². The molecule has 0 bridgehead atoms. The molecular formula is C11H16N2OS. The molecule has 3 rings (SSSR count).